The molecular weight excluding hydrogens is 300 g/mol. The Morgan fingerprint density at radius 1 is 1.00 bits per heavy atom. The minimum absolute atomic E-state index is 0.367. The summed E-state index contributed by atoms with van der Waals surface area (Å²) in [5.41, 5.74) is 0. The number of piperidine rings is 1. The van der Waals surface area contributed by atoms with Crippen molar-refractivity contribution >= 4 is 5.91 Å². The van der Waals surface area contributed by atoms with Crippen LogP contribution in [0.1, 0.15) is 46.0 Å². The Morgan fingerprint density at radius 3 is 2.22 bits per heavy atom. The van der Waals surface area contributed by atoms with Crippen LogP contribution in [0.25, 0.3) is 0 Å². The fourth-order valence-electron chi connectivity index (χ4n) is 3.07. The van der Waals surface area contributed by atoms with Gasteiger partial charge in [-0.25, -0.2) is 0 Å². The summed E-state index contributed by atoms with van der Waals surface area (Å²) in [6.45, 7) is 4.67. The second kappa shape index (κ2) is 10.2. The molecule has 0 aliphatic carbocycles. The number of hydrogen-bond donors (Lipinski definition) is 5. The van der Waals surface area contributed by atoms with Gasteiger partial charge < -0.3 is 25.7 Å². The Labute approximate surface area is 138 Å². The maximum atomic E-state index is 12.5. The lowest BCUT2D eigenvalue weighted by Crippen LogP contribution is -2.70. The first-order valence-corrected chi connectivity index (χ1v) is 8.68. The van der Waals surface area contributed by atoms with Gasteiger partial charge in [0.1, 0.15) is 24.4 Å². The third kappa shape index (κ3) is 5.12. The lowest BCUT2D eigenvalue weighted by molar-refractivity contribution is -0.178. The normalized spacial score (nSPS) is 32.0. The van der Waals surface area contributed by atoms with Crippen molar-refractivity contribution in [2.75, 3.05) is 19.7 Å². The van der Waals surface area contributed by atoms with Crippen molar-refractivity contribution in [2.24, 2.45) is 0 Å². The number of aliphatic hydroxyl groups is 4. The van der Waals surface area contributed by atoms with Crippen molar-refractivity contribution in [3.8, 4) is 0 Å². The highest BCUT2D eigenvalue weighted by molar-refractivity contribution is 5.82. The summed E-state index contributed by atoms with van der Waals surface area (Å²) in [5.74, 6) is -0.367. The van der Waals surface area contributed by atoms with Gasteiger partial charge in [0.15, 0.2) is 0 Å². The van der Waals surface area contributed by atoms with Crippen molar-refractivity contribution in [3.05, 3.63) is 0 Å². The predicted molar refractivity (Wildman–Crippen MR) is 86.8 cm³/mol. The van der Waals surface area contributed by atoms with Crippen molar-refractivity contribution in [3.63, 3.8) is 0 Å². The van der Waals surface area contributed by atoms with E-state index in [9.17, 15) is 25.2 Å². The number of nitrogens with one attached hydrogen (secondary N) is 1. The molecule has 0 bridgehead atoms. The van der Waals surface area contributed by atoms with Crippen LogP contribution < -0.4 is 5.32 Å². The fourth-order valence-corrected chi connectivity index (χ4v) is 3.07. The van der Waals surface area contributed by atoms with Gasteiger partial charge in [0.05, 0.1) is 12.6 Å². The van der Waals surface area contributed by atoms with Crippen molar-refractivity contribution < 1.29 is 25.2 Å². The van der Waals surface area contributed by atoms with E-state index in [1.165, 1.54) is 0 Å². The summed E-state index contributed by atoms with van der Waals surface area (Å²) in [7, 11) is 0. The topological polar surface area (TPSA) is 113 Å². The van der Waals surface area contributed by atoms with E-state index >= 15 is 0 Å². The maximum absolute atomic E-state index is 12.5. The average molecular weight is 332 g/mol. The van der Waals surface area contributed by atoms with Gasteiger partial charge in [-0.05, 0) is 19.4 Å². The molecule has 7 heteroatoms. The van der Waals surface area contributed by atoms with E-state index in [0.29, 0.717) is 13.1 Å². The second-order valence-electron chi connectivity index (χ2n) is 6.26. The van der Waals surface area contributed by atoms with E-state index in [-0.39, 0.29) is 12.5 Å². The van der Waals surface area contributed by atoms with Gasteiger partial charge in [-0.1, -0.05) is 33.1 Å². The molecule has 5 N–H and O–H groups in total. The highest BCUT2D eigenvalue weighted by atomic mass is 16.4. The van der Waals surface area contributed by atoms with Crippen LogP contribution in [-0.4, -0.2) is 81.3 Å². The maximum Gasteiger partial charge on any atom is 0.240 e. The number of unbranched alkanes of at least 4 members (excludes halogenated alkanes) is 3. The number of hydrogen-bond acceptors (Lipinski definition) is 6. The molecule has 0 aromatic heterocycles. The zero-order valence-electron chi connectivity index (χ0n) is 14.2. The smallest absolute Gasteiger partial charge is 0.240 e. The highest BCUT2D eigenvalue weighted by Gasteiger charge is 2.49. The number of carbonyl (C=O) groups excluding carboxylic acids is 1. The van der Waals surface area contributed by atoms with Crippen LogP contribution in [-0.2, 0) is 4.79 Å². The Bertz CT molecular complexity index is 355. The third-order valence-electron chi connectivity index (χ3n) is 4.51. The Morgan fingerprint density at radius 2 is 1.65 bits per heavy atom. The minimum Gasteiger partial charge on any atom is -0.395 e. The van der Waals surface area contributed by atoms with Gasteiger partial charge in [-0.2, -0.15) is 0 Å². The molecule has 1 aliphatic rings. The summed E-state index contributed by atoms with van der Waals surface area (Å²) in [6.07, 6.45) is 0.452. The van der Waals surface area contributed by atoms with E-state index in [0.717, 1.165) is 32.1 Å². The average Bonchev–Trinajstić information content (AvgIpc) is 2.54. The molecule has 23 heavy (non-hydrogen) atoms. The number of carbonyl (C=O) groups is 1. The summed E-state index contributed by atoms with van der Waals surface area (Å²) < 4.78 is 0. The minimum atomic E-state index is -1.45. The zero-order chi connectivity index (χ0) is 17.4. The molecule has 0 spiro atoms. The fraction of sp³-hybridized carbons (Fsp3) is 0.938. The van der Waals surface area contributed by atoms with Crippen LogP contribution in [0.2, 0.25) is 0 Å². The van der Waals surface area contributed by atoms with Gasteiger partial charge >= 0.3 is 0 Å². The first-order valence-electron chi connectivity index (χ1n) is 8.68. The lowest BCUT2D eigenvalue weighted by Gasteiger charge is -2.47. The molecule has 0 aromatic rings. The van der Waals surface area contributed by atoms with E-state index in [1.54, 1.807) is 4.90 Å². The van der Waals surface area contributed by atoms with Crippen LogP contribution in [0.3, 0.4) is 0 Å². The number of amides is 1. The Balaban J connectivity index is 2.84. The van der Waals surface area contributed by atoms with Gasteiger partial charge in [-0.3, -0.25) is 9.69 Å². The first kappa shape index (κ1) is 20.3. The monoisotopic (exact) mass is 332 g/mol. The number of nitrogens with zero attached hydrogens (tertiary/aromatic N) is 1. The van der Waals surface area contributed by atoms with Crippen molar-refractivity contribution in [1.29, 1.82) is 0 Å². The standard InChI is InChI=1S/C16H32N2O5/c1-3-5-7-8-17-16(23)12-14(21)15(22)13(20)11(10-19)18(12)9-6-4-2/h11-15,19-22H,3-10H2,1-2H3,(H,17,23)/t11-,12-,13+,14-,15-/m0/s1. The SMILES string of the molecule is CCCCCNC(=O)[C@@H]1[C@H](O)[C@@H](O)[C@H](O)[C@H](CO)N1CCCC. The Kier molecular flexibility index (Phi) is 9.01. The molecule has 0 radical (unpaired) electrons. The van der Waals surface area contributed by atoms with Crippen molar-refractivity contribution in [2.45, 2.75) is 76.3 Å². The molecule has 1 heterocycles. The molecular formula is C16H32N2O5. The van der Waals surface area contributed by atoms with E-state index in [1.807, 2.05) is 6.92 Å². The van der Waals surface area contributed by atoms with Gasteiger partial charge in [0.25, 0.3) is 0 Å². The molecule has 1 amide bonds. The summed E-state index contributed by atoms with van der Waals surface area (Å²) in [5, 5.41) is 42.7. The van der Waals surface area contributed by atoms with E-state index < -0.39 is 30.4 Å². The van der Waals surface area contributed by atoms with Crippen LogP contribution in [0.4, 0.5) is 0 Å². The summed E-state index contributed by atoms with van der Waals surface area (Å²) in [6, 6.07) is -1.72. The third-order valence-corrected chi connectivity index (χ3v) is 4.51. The first-order chi connectivity index (χ1) is 11.0. The molecule has 136 valence electrons. The van der Waals surface area contributed by atoms with Gasteiger partial charge in [-0.15, -0.1) is 0 Å². The van der Waals surface area contributed by atoms with Gasteiger partial charge in [0.2, 0.25) is 5.91 Å². The zero-order valence-corrected chi connectivity index (χ0v) is 14.2. The Hall–Kier alpha value is -0.730. The molecule has 0 unspecified atom stereocenters. The quantitative estimate of drug-likeness (QED) is 0.354. The lowest BCUT2D eigenvalue weighted by atomic mass is 9.87. The van der Waals surface area contributed by atoms with Crippen LogP contribution in [0.5, 0.6) is 0 Å². The molecule has 1 rings (SSSR count). The van der Waals surface area contributed by atoms with Gasteiger partial charge in [0, 0.05) is 6.54 Å². The number of likely N-dealkylation sites (tertiary alicyclic amines) is 1. The predicted octanol–water partition coefficient (Wildman–Crippen LogP) is -0.779. The summed E-state index contributed by atoms with van der Waals surface area (Å²) in [4.78, 5) is 14.1. The molecule has 5 atom stereocenters. The molecule has 7 nitrogen and oxygen atoms in total. The largest absolute Gasteiger partial charge is 0.395 e. The van der Waals surface area contributed by atoms with E-state index in [2.05, 4.69) is 12.2 Å². The highest BCUT2D eigenvalue weighted by Crippen LogP contribution is 2.25. The van der Waals surface area contributed by atoms with Crippen LogP contribution in [0.15, 0.2) is 0 Å². The molecule has 1 saturated heterocycles. The molecule has 0 saturated carbocycles. The molecule has 1 fully saturated rings. The number of aliphatic hydroxyl groups excluding tert-OH is 4. The molecule has 0 aromatic carbocycles. The number of rotatable bonds is 9. The molecule has 1 aliphatic heterocycles. The summed E-state index contributed by atoms with van der Waals surface area (Å²) >= 11 is 0. The van der Waals surface area contributed by atoms with Crippen molar-refractivity contribution in [1.82, 2.24) is 10.2 Å². The van der Waals surface area contributed by atoms with Crippen LogP contribution in [0, 0.1) is 0 Å². The second-order valence-corrected chi connectivity index (χ2v) is 6.26. The van der Waals surface area contributed by atoms with E-state index in [4.69, 9.17) is 0 Å². The van der Waals surface area contributed by atoms with Crippen LogP contribution >= 0.6 is 0 Å².